The summed E-state index contributed by atoms with van der Waals surface area (Å²) >= 11 is 0. The number of nitrogens with zero attached hydrogens (tertiary/aromatic N) is 1. The zero-order valence-electron chi connectivity index (χ0n) is 17.2. The van der Waals surface area contributed by atoms with Gasteiger partial charge in [-0.05, 0) is 59.7 Å². The number of rotatable bonds is 5. The molecule has 0 spiro atoms. The van der Waals surface area contributed by atoms with Crippen LogP contribution in [0.15, 0.2) is 108 Å². The Hall–Kier alpha value is -4.44. The number of carbonyl (C=O) groups excluding carboxylic acids is 1. The Kier molecular flexibility index (Phi) is 5.33. The lowest BCUT2D eigenvalue weighted by molar-refractivity contribution is 0.102. The van der Waals surface area contributed by atoms with Crippen LogP contribution in [0.4, 0.5) is 5.69 Å². The summed E-state index contributed by atoms with van der Waals surface area (Å²) in [6.07, 6.45) is 4.06. The van der Waals surface area contributed by atoms with Crippen molar-refractivity contribution >= 4 is 34.8 Å². The van der Waals surface area contributed by atoms with Crippen LogP contribution >= 0.6 is 0 Å². The number of nitrogens with one attached hydrogen (secondary N) is 1. The van der Waals surface area contributed by atoms with Gasteiger partial charge in [-0.25, -0.2) is 4.98 Å². The van der Waals surface area contributed by atoms with E-state index in [1.165, 1.54) is 0 Å². The van der Waals surface area contributed by atoms with E-state index in [9.17, 15) is 4.79 Å². The third-order valence-corrected chi connectivity index (χ3v) is 5.12. The number of hydrogen-bond donors (Lipinski definition) is 1. The highest BCUT2D eigenvalue weighted by atomic mass is 16.3. The Labute approximate surface area is 185 Å². The van der Waals surface area contributed by atoms with Crippen molar-refractivity contribution in [1.82, 2.24) is 4.98 Å². The first-order valence-electron chi connectivity index (χ1n) is 10.4. The molecule has 5 rings (SSSR count). The fraction of sp³-hybridized carbons (Fsp3) is 0. The standard InChI is InChI=1S/C28H20N2O2/c31-27(29-24-6-2-1-3-7-24)22-16-12-20(13-17-22)10-11-21-14-18-23(19-15-21)28-30-25-8-4-5-9-26(25)32-28/h1-19H,(H,29,31). The van der Waals surface area contributed by atoms with E-state index in [1.54, 1.807) is 0 Å². The summed E-state index contributed by atoms with van der Waals surface area (Å²) in [7, 11) is 0. The lowest BCUT2D eigenvalue weighted by Gasteiger charge is -2.05. The van der Waals surface area contributed by atoms with Crippen LogP contribution in [-0.2, 0) is 0 Å². The second kappa shape index (κ2) is 8.74. The molecule has 1 aromatic heterocycles. The van der Waals surface area contributed by atoms with E-state index in [1.807, 2.05) is 115 Å². The lowest BCUT2D eigenvalue weighted by atomic mass is 10.1. The third-order valence-electron chi connectivity index (χ3n) is 5.12. The zero-order chi connectivity index (χ0) is 21.8. The molecular weight excluding hydrogens is 396 g/mol. The quantitative estimate of drug-likeness (QED) is 0.317. The van der Waals surface area contributed by atoms with E-state index in [4.69, 9.17) is 4.42 Å². The highest BCUT2D eigenvalue weighted by Crippen LogP contribution is 2.24. The fourth-order valence-electron chi connectivity index (χ4n) is 3.40. The summed E-state index contributed by atoms with van der Waals surface area (Å²) in [4.78, 5) is 16.9. The maximum atomic E-state index is 12.4. The van der Waals surface area contributed by atoms with Crippen LogP contribution in [0.25, 0.3) is 34.7 Å². The molecule has 5 aromatic rings. The van der Waals surface area contributed by atoms with Gasteiger partial charge in [0.15, 0.2) is 5.58 Å². The van der Waals surface area contributed by atoms with Gasteiger partial charge in [0.05, 0.1) is 0 Å². The van der Waals surface area contributed by atoms with Crippen molar-refractivity contribution in [2.24, 2.45) is 0 Å². The van der Waals surface area contributed by atoms with Crippen LogP contribution in [0.3, 0.4) is 0 Å². The Morgan fingerprint density at radius 3 is 2.03 bits per heavy atom. The van der Waals surface area contributed by atoms with Gasteiger partial charge in [0, 0.05) is 16.8 Å². The van der Waals surface area contributed by atoms with Crippen molar-refractivity contribution in [2.45, 2.75) is 0 Å². The topological polar surface area (TPSA) is 55.1 Å². The van der Waals surface area contributed by atoms with Crippen molar-refractivity contribution in [1.29, 1.82) is 0 Å². The van der Waals surface area contributed by atoms with Gasteiger partial charge in [-0.15, -0.1) is 0 Å². The van der Waals surface area contributed by atoms with Crippen LogP contribution in [0, 0.1) is 0 Å². The van der Waals surface area contributed by atoms with E-state index in [0.29, 0.717) is 11.5 Å². The SMILES string of the molecule is O=C(Nc1ccccc1)c1ccc(C=Cc2ccc(-c3nc4ccccc4o3)cc2)cc1. The molecule has 0 atom stereocenters. The number of para-hydroxylation sites is 3. The van der Waals surface area contributed by atoms with Crippen LogP contribution in [-0.4, -0.2) is 10.9 Å². The molecule has 4 aromatic carbocycles. The summed E-state index contributed by atoms with van der Waals surface area (Å²) in [5.74, 6) is 0.493. The number of aromatic nitrogens is 1. The number of amides is 1. The first kappa shape index (κ1) is 19.5. The molecule has 0 bridgehead atoms. The van der Waals surface area contributed by atoms with Gasteiger partial charge < -0.3 is 9.73 Å². The van der Waals surface area contributed by atoms with Crippen LogP contribution in [0.2, 0.25) is 0 Å². The highest BCUT2D eigenvalue weighted by Gasteiger charge is 2.07. The molecule has 0 aliphatic heterocycles. The Morgan fingerprint density at radius 1 is 0.719 bits per heavy atom. The van der Waals surface area contributed by atoms with Gasteiger partial charge in [0.1, 0.15) is 5.52 Å². The van der Waals surface area contributed by atoms with E-state index in [2.05, 4.69) is 10.3 Å². The molecule has 32 heavy (non-hydrogen) atoms. The van der Waals surface area contributed by atoms with Gasteiger partial charge >= 0.3 is 0 Å². The van der Waals surface area contributed by atoms with Crippen molar-refractivity contribution in [2.75, 3.05) is 5.32 Å². The molecule has 0 unspecified atom stereocenters. The molecular formula is C28H20N2O2. The highest BCUT2D eigenvalue weighted by molar-refractivity contribution is 6.04. The molecule has 0 aliphatic rings. The first-order chi connectivity index (χ1) is 15.7. The molecule has 4 nitrogen and oxygen atoms in total. The minimum absolute atomic E-state index is 0.124. The second-order valence-corrected chi connectivity index (χ2v) is 7.38. The minimum Gasteiger partial charge on any atom is -0.436 e. The van der Waals surface area contributed by atoms with Crippen molar-refractivity contribution in [3.8, 4) is 11.5 Å². The van der Waals surface area contributed by atoms with E-state index in [0.717, 1.165) is 33.5 Å². The van der Waals surface area contributed by atoms with E-state index < -0.39 is 0 Å². The second-order valence-electron chi connectivity index (χ2n) is 7.38. The Bertz CT molecular complexity index is 1350. The number of hydrogen-bond acceptors (Lipinski definition) is 3. The number of anilines is 1. The molecule has 0 saturated heterocycles. The monoisotopic (exact) mass is 416 g/mol. The normalized spacial score (nSPS) is 11.1. The molecule has 4 heteroatoms. The number of oxazole rings is 1. The van der Waals surface area contributed by atoms with Gasteiger partial charge in [-0.3, -0.25) is 4.79 Å². The zero-order valence-corrected chi connectivity index (χ0v) is 17.2. The third kappa shape index (κ3) is 4.35. The molecule has 0 saturated carbocycles. The summed E-state index contributed by atoms with van der Waals surface area (Å²) in [5.41, 5.74) is 6.06. The molecule has 1 amide bonds. The Balaban J connectivity index is 1.25. The molecule has 0 radical (unpaired) electrons. The number of carbonyl (C=O) groups is 1. The lowest BCUT2D eigenvalue weighted by Crippen LogP contribution is -2.11. The molecule has 1 N–H and O–H groups in total. The maximum absolute atomic E-state index is 12.4. The van der Waals surface area contributed by atoms with Crippen molar-refractivity contribution < 1.29 is 9.21 Å². The van der Waals surface area contributed by atoms with Crippen molar-refractivity contribution in [3.63, 3.8) is 0 Å². The van der Waals surface area contributed by atoms with Gasteiger partial charge in [-0.2, -0.15) is 0 Å². The summed E-state index contributed by atoms with van der Waals surface area (Å²) < 4.78 is 5.83. The van der Waals surface area contributed by atoms with Gasteiger partial charge in [0.25, 0.3) is 5.91 Å². The van der Waals surface area contributed by atoms with Gasteiger partial charge in [0.2, 0.25) is 5.89 Å². The largest absolute Gasteiger partial charge is 0.436 e. The predicted molar refractivity (Wildman–Crippen MR) is 129 cm³/mol. The molecule has 0 fully saturated rings. The average molecular weight is 416 g/mol. The molecule has 154 valence electrons. The fourth-order valence-corrected chi connectivity index (χ4v) is 3.40. The van der Waals surface area contributed by atoms with Crippen molar-refractivity contribution in [3.05, 3.63) is 120 Å². The predicted octanol–water partition coefficient (Wildman–Crippen LogP) is 6.92. The van der Waals surface area contributed by atoms with Crippen LogP contribution in [0.5, 0.6) is 0 Å². The van der Waals surface area contributed by atoms with Gasteiger partial charge in [-0.1, -0.05) is 66.7 Å². The number of fused-ring (bicyclic) bond motifs is 1. The van der Waals surface area contributed by atoms with E-state index in [-0.39, 0.29) is 5.91 Å². The van der Waals surface area contributed by atoms with Crippen LogP contribution in [0.1, 0.15) is 21.5 Å². The Morgan fingerprint density at radius 2 is 1.34 bits per heavy atom. The smallest absolute Gasteiger partial charge is 0.255 e. The summed E-state index contributed by atoms with van der Waals surface area (Å²) in [5, 5.41) is 2.89. The summed E-state index contributed by atoms with van der Waals surface area (Å²) in [6, 6.07) is 32.8. The summed E-state index contributed by atoms with van der Waals surface area (Å²) in [6.45, 7) is 0. The van der Waals surface area contributed by atoms with E-state index >= 15 is 0 Å². The minimum atomic E-state index is -0.124. The van der Waals surface area contributed by atoms with Crippen LogP contribution < -0.4 is 5.32 Å². The maximum Gasteiger partial charge on any atom is 0.255 e. The molecule has 1 heterocycles. The molecule has 0 aliphatic carbocycles. The average Bonchev–Trinajstić information content (AvgIpc) is 3.28. The first-order valence-corrected chi connectivity index (χ1v) is 10.4. The number of benzene rings is 4.